The van der Waals surface area contributed by atoms with Crippen LogP contribution in [0.15, 0.2) is 18.7 Å². The summed E-state index contributed by atoms with van der Waals surface area (Å²) in [5.41, 5.74) is 3.33. The van der Waals surface area contributed by atoms with Crippen LogP contribution in [0.4, 0.5) is 0 Å². The maximum Gasteiger partial charge on any atom is 0.268 e. The van der Waals surface area contributed by atoms with E-state index in [2.05, 4.69) is 27.3 Å². The molecule has 6 nitrogen and oxygen atoms in total. The van der Waals surface area contributed by atoms with Gasteiger partial charge in [-0.2, -0.15) is 0 Å². The quantitative estimate of drug-likeness (QED) is 0.720. The largest absolute Gasteiger partial charge is 0.304 e. The third kappa shape index (κ3) is 2.74. The van der Waals surface area contributed by atoms with Crippen molar-refractivity contribution >= 4 is 5.91 Å². The van der Waals surface area contributed by atoms with Gasteiger partial charge in [-0.3, -0.25) is 10.2 Å². The lowest BCUT2D eigenvalue weighted by Crippen LogP contribution is -2.52. The summed E-state index contributed by atoms with van der Waals surface area (Å²) in [5.74, 6) is -0.148. The first-order valence-corrected chi connectivity index (χ1v) is 5.25. The number of likely N-dealkylation sites (N-methyl/N-ethyl adjacent to an activating group) is 1. The van der Waals surface area contributed by atoms with E-state index in [1.54, 1.807) is 0 Å². The Hall–Kier alpha value is -1.53. The van der Waals surface area contributed by atoms with E-state index in [4.69, 9.17) is 0 Å². The van der Waals surface area contributed by atoms with E-state index < -0.39 is 0 Å². The van der Waals surface area contributed by atoms with Crippen LogP contribution in [0.25, 0.3) is 0 Å². The van der Waals surface area contributed by atoms with Gasteiger partial charge >= 0.3 is 0 Å². The standard InChI is InChI=1S/C10H15N5O/c1-14-2-4-15(5-3-14)13-10(16)9-6-11-8-12-7-9/h6-8H,2-5H2,1H3,(H,13,16). The molecule has 1 aliphatic rings. The van der Waals surface area contributed by atoms with E-state index in [9.17, 15) is 4.79 Å². The van der Waals surface area contributed by atoms with Crippen molar-refractivity contribution in [3.05, 3.63) is 24.3 Å². The molecule has 1 saturated heterocycles. The molecular weight excluding hydrogens is 206 g/mol. The van der Waals surface area contributed by atoms with E-state index in [-0.39, 0.29) is 5.91 Å². The maximum absolute atomic E-state index is 11.7. The van der Waals surface area contributed by atoms with Gasteiger partial charge in [0.15, 0.2) is 0 Å². The number of amides is 1. The number of nitrogens with one attached hydrogen (secondary N) is 1. The van der Waals surface area contributed by atoms with Crippen molar-refractivity contribution in [2.45, 2.75) is 0 Å². The zero-order valence-corrected chi connectivity index (χ0v) is 9.26. The van der Waals surface area contributed by atoms with Gasteiger partial charge in [-0.15, -0.1) is 0 Å². The summed E-state index contributed by atoms with van der Waals surface area (Å²) in [6, 6.07) is 0. The van der Waals surface area contributed by atoms with Gasteiger partial charge in [0, 0.05) is 38.6 Å². The first kappa shape index (κ1) is 11.0. The van der Waals surface area contributed by atoms with E-state index in [1.165, 1.54) is 18.7 Å². The molecule has 0 unspecified atom stereocenters. The molecule has 2 rings (SSSR count). The zero-order valence-electron chi connectivity index (χ0n) is 9.26. The minimum atomic E-state index is -0.148. The molecule has 0 aliphatic carbocycles. The summed E-state index contributed by atoms with van der Waals surface area (Å²) in [6.07, 6.45) is 4.43. The van der Waals surface area contributed by atoms with Gasteiger partial charge in [-0.05, 0) is 7.05 Å². The predicted octanol–water partition coefficient (Wildman–Crippen LogP) is -0.631. The minimum Gasteiger partial charge on any atom is -0.304 e. The van der Waals surface area contributed by atoms with Crippen LogP contribution >= 0.6 is 0 Å². The van der Waals surface area contributed by atoms with Crippen LogP contribution in [0.1, 0.15) is 10.4 Å². The first-order valence-electron chi connectivity index (χ1n) is 5.25. The highest BCUT2D eigenvalue weighted by atomic mass is 16.2. The summed E-state index contributed by atoms with van der Waals surface area (Å²) in [7, 11) is 2.07. The fourth-order valence-electron chi connectivity index (χ4n) is 1.54. The highest BCUT2D eigenvalue weighted by Gasteiger charge is 2.16. The molecule has 1 aliphatic heterocycles. The number of carbonyl (C=O) groups excluding carboxylic acids is 1. The summed E-state index contributed by atoms with van der Waals surface area (Å²) in [4.78, 5) is 21.6. The smallest absolute Gasteiger partial charge is 0.268 e. The summed E-state index contributed by atoms with van der Waals surface area (Å²) in [6.45, 7) is 3.61. The topological polar surface area (TPSA) is 61.4 Å². The van der Waals surface area contributed by atoms with Crippen molar-refractivity contribution in [1.82, 2.24) is 25.3 Å². The second-order valence-electron chi connectivity index (χ2n) is 3.86. The second kappa shape index (κ2) is 5.00. The van der Waals surface area contributed by atoms with E-state index >= 15 is 0 Å². The summed E-state index contributed by atoms with van der Waals surface area (Å²) < 4.78 is 0. The Morgan fingerprint density at radius 3 is 2.50 bits per heavy atom. The Morgan fingerprint density at radius 1 is 1.25 bits per heavy atom. The van der Waals surface area contributed by atoms with Crippen molar-refractivity contribution in [2.24, 2.45) is 0 Å². The lowest BCUT2D eigenvalue weighted by molar-refractivity contribution is 0.0662. The average Bonchev–Trinajstić information content (AvgIpc) is 2.33. The van der Waals surface area contributed by atoms with Crippen molar-refractivity contribution in [2.75, 3.05) is 33.2 Å². The normalized spacial score (nSPS) is 18.3. The molecule has 16 heavy (non-hydrogen) atoms. The van der Waals surface area contributed by atoms with Crippen LogP contribution in [-0.2, 0) is 0 Å². The van der Waals surface area contributed by atoms with Gasteiger partial charge in [-0.25, -0.2) is 15.0 Å². The molecular formula is C10H15N5O. The van der Waals surface area contributed by atoms with Crippen molar-refractivity contribution < 1.29 is 4.79 Å². The van der Waals surface area contributed by atoms with Crippen LogP contribution in [0.5, 0.6) is 0 Å². The fraction of sp³-hybridized carbons (Fsp3) is 0.500. The van der Waals surface area contributed by atoms with Gasteiger partial charge in [0.2, 0.25) is 0 Å². The van der Waals surface area contributed by atoms with Gasteiger partial charge in [0.1, 0.15) is 6.33 Å². The predicted molar refractivity (Wildman–Crippen MR) is 58.6 cm³/mol. The van der Waals surface area contributed by atoms with Gasteiger partial charge < -0.3 is 4.90 Å². The molecule has 0 aromatic carbocycles. The molecule has 1 aromatic rings. The Balaban J connectivity index is 1.88. The minimum absolute atomic E-state index is 0.148. The number of rotatable bonds is 2. The van der Waals surface area contributed by atoms with E-state index in [0.29, 0.717) is 5.56 Å². The third-order valence-electron chi connectivity index (χ3n) is 2.59. The fourth-order valence-corrected chi connectivity index (χ4v) is 1.54. The van der Waals surface area contributed by atoms with Crippen molar-refractivity contribution in [3.63, 3.8) is 0 Å². The van der Waals surface area contributed by atoms with E-state index in [1.807, 2.05) is 5.01 Å². The molecule has 0 saturated carbocycles. The monoisotopic (exact) mass is 221 g/mol. The number of hydrogen-bond acceptors (Lipinski definition) is 5. The van der Waals surface area contributed by atoms with Crippen LogP contribution in [-0.4, -0.2) is 59.0 Å². The summed E-state index contributed by atoms with van der Waals surface area (Å²) in [5, 5.41) is 1.93. The Kier molecular flexibility index (Phi) is 3.43. The Bertz CT molecular complexity index is 347. The zero-order chi connectivity index (χ0) is 11.4. The molecule has 1 amide bonds. The molecule has 0 atom stereocenters. The molecule has 86 valence electrons. The number of aromatic nitrogens is 2. The van der Waals surface area contributed by atoms with Gasteiger partial charge in [0.05, 0.1) is 5.56 Å². The molecule has 1 aromatic heterocycles. The molecule has 0 bridgehead atoms. The van der Waals surface area contributed by atoms with E-state index in [0.717, 1.165) is 26.2 Å². The first-order chi connectivity index (χ1) is 7.75. The highest BCUT2D eigenvalue weighted by Crippen LogP contribution is 1.98. The molecule has 6 heteroatoms. The average molecular weight is 221 g/mol. The SMILES string of the molecule is CN1CCN(NC(=O)c2cncnc2)CC1. The van der Waals surface area contributed by atoms with Crippen LogP contribution in [0, 0.1) is 0 Å². The van der Waals surface area contributed by atoms with Crippen molar-refractivity contribution in [3.8, 4) is 0 Å². The molecule has 2 heterocycles. The molecule has 1 N–H and O–H groups in total. The lowest BCUT2D eigenvalue weighted by atomic mass is 10.3. The number of nitrogens with zero attached hydrogens (tertiary/aromatic N) is 4. The number of hydrogen-bond donors (Lipinski definition) is 1. The van der Waals surface area contributed by atoms with Crippen LogP contribution in [0.2, 0.25) is 0 Å². The third-order valence-corrected chi connectivity index (χ3v) is 2.59. The number of hydrazine groups is 1. The molecule has 0 radical (unpaired) electrons. The van der Waals surface area contributed by atoms with Gasteiger partial charge in [0.25, 0.3) is 5.91 Å². The second-order valence-corrected chi connectivity index (χ2v) is 3.86. The number of carbonyl (C=O) groups is 1. The van der Waals surface area contributed by atoms with Crippen molar-refractivity contribution in [1.29, 1.82) is 0 Å². The van der Waals surface area contributed by atoms with Crippen LogP contribution < -0.4 is 5.43 Å². The highest BCUT2D eigenvalue weighted by molar-refractivity contribution is 5.93. The summed E-state index contributed by atoms with van der Waals surface area (Å²) >= 11 is 0. The molecule has 1 fully saturated rings. The lowest BCUT2D eigenvalue weighted by Gasteiger charge is -2.32. The Labute approximate surface area is 94.3 Å². The van der Waals surface area contributed by atoms with Crippen LogP contribution in [0.3, 0.4) is 0 Å². The van der Waals surface area contributed by atoms with Gasteiger partial charge in [-0.1, -0.05) is 0 Å². The Morgan fingerprint density at radius 2 is 1.88 bits per heavy atom. The number of piperazine rings is 1. The molecule has 0 spiro atoms. The maximum atomic E-state index is 11.7.